The van der Waals surface area contributed by atoms with Crippen molar-refractivity contribution >= 4 is 27.1 Å². The van der Waals surface area contributed by atoms with E-state index >= 15 is 0 Å². The van der Waals surface area contributed by atoms with Crippen LogP contribution < -0.4 is 5.73 Å². The van der Waals surface area contributed by atoms with E-state index in [1.807, 2.05) is 6.92 Å². The highest BCUT2D eigenvalue weighted by Crippen LogP contribution is 2.20. The maximum atomic E-state index is 5.84. The Bertz CT molecular complexity index is 624. The maximum absolute atomic E-state index is 5.84. The van der Waals surface area contributed by atoms with Gasteiger partial charge in [-0.25, -0.2) is 9.97 Å². The first-order chi connectivity index (χ1) is 10.2. The van der Waals surface area contributed by atoms with E-state index in [0.29, 0.717) is 6.04 Å². The summed E-state index contributed by atoms with van der Waals surface area (Å²) < 4.78 is 3.26. The van der Waals surface area contributed by atoms with Crippen LogP contribution in [-0.2, 0) is 6.54 Å². The number of nitrogens with two attached hydrogens (primary N) is 1. The van der Waals surface area contributed by atoms with Crippen LogP contribution in [-0.4, -0.2) is 45.1 Å². The molecule has 1 atom stereocenters. The molecule has 1 aliphatic rings. The molecule has 2 N–H and O–H groups in total. The number of halogens is 1. The summed E-state index contributed by atoms with van der Waals surface area (Å²) in [4.78, 5) is 11.4. The normalized spacial score (nSPS) is 19.7. The van der Waals surface area contributed by atoms with Gasteiger partial charge in [0.05, 0.1) is 5.52 Å². The first kappa shape index (κ1) is 14.9. The second-order valence-electron chi connectivity index (χ2n) is 5.73. The number of rotatable bonds is 5. The molecule has 3 heterocycles. The SMILES string of the molecule is Cc1nc2ncc(Br)cc2n1CCCN1CCC[C@@H]1CN. The van der Waals surface area contributed by atoms with Gasteiger partial charge in [-0.05, 0) is 54.7 Å². The van der Waals surface area contributed by atoms with Crippen molar-refractivity contribution in [2.45, 2.75) is 38.8 Å². The van der Waals surface area contributed by atoms with Crippen molar-refractivity contribution in [3.8, 4) is 0 Å². The fourth-order valence-corrected chi connectivity index (χ4v) is 3.58. The van der Waals surface area contributed by atoms with Gasteiger partial charge in [0.25, 0.3) is 0 Å². The summed E-state index contributed by atoms with van der Waals surface area (Å²) in [6.07, 6.45) is 5.46. The molecule has 0 aliphatic carbocycles. The van der Waals surface area contributed by atoms with Gasteiger partial charge in [0.1, 0.15) is 5.82 Å². The van der Waals surface area contributed by atoms with E-state index in [-0.39, 0.29) is 0 Å². The second kappa shape index (κ2) is 6.42. The summed E-state index contributed by atoms with van der Waals surface area (Å²) in [7, 11) is 0. The van der Waals surface area contributed by atoms with Gasteiger partial charge in [0.15, 0.2) is 5.65 Å². The Labute approximate surface area is 133 Å². The number of fused-ring (bicyclic) bond motifs is 1. The van der Waals surface area contributed by atoms with Crippen LogP contribution in [0.5, 0.6) is 0 Å². The van der Waals surface area contributed by atoms with Crippen molar-refractivity contribution in [3.05, 3.63) is 22.6 Å². The minimum atomic E-state index is 0.585. The summed E-state index contributed by atoms with van der Waals surface area (Å²) in [5.74, 6) is 1.03. The predicted molar refractivity (Wildman–Crippen MR) is 88.2 cm³/mol. The zero-order chi connectivity index (χ0) is 14.8. The summed E-state index contributed by atoms with van der Waals surface area (Å²) in [5.41, 5.74) is 7.78. The third-order valence-corrected chi connectivity index (χ3v) is 4.79. The van der Waals surface area contributed by atoms with Gasteiger partial charge < -0.3 is 10.3 Å². The summed E-state index contributed by atoms with van der Waals surface area (Å²) in [6, 6.07) is 2.68. The van der Waals surface area contributed by atoms with Crippen LogP contribution in [0.3, 0.4) is 0 Å². The van der Waals surface area contributed by atoms with E-state index in [2.05, 4.69) is 41.4 Å². The molecule has 0 amide bonds. The lowest BCUT2D eigenvalue weighted by molar-refractivity contribution is 0.251. The van der Waals surface area contributed by atoms with Crippen LogP contribution in [0.1, 0.15) is 25.1 Å². The van der Waals surface area contributed by atoms with Gasteiger partial charge in [-0.15, -0.1) is 0 Å². The number of imidazole rings is 1. The molecule has 0 spiro atoms. The standard InChI is InChI=1S/C15H22BrN5/c1-11-19-15-14(8-12(16)10-18-15)21(11)7-3-6-20-5-2-4-13(20)9-17/h8,10,13H,2-7,9,17H2,1H3/t13-/m1/s1. The van der Waals surface area contributed by atoms with Crippen LogP contribution in [0.15, 0.2) is 16.7 Å². The van der Waals surface area contributed by atoms with Crippen molar-refractivity contribution in [2.24, 2.45) is 5.73 Å². The zero-order valence-electron chi connectivity index (χ0n) is 12.4. The molecule has 2 aromatic heterocycles. The average Bonchev–Trinajstić information content (AvgIpc) is 3.04. The third-order valence-electron chi connectivity index (χ3n) is 4.36. The van der Waals surface area contributed by atoms with E-state index in [9.17, 15) is 0 Å². The second-order valence-corrected chi connectivity index (χ2v) is 6.64. The smallest absolute Gasteiger partial charge is 0.177 e. The molecular weight excluding hydrogens is 330 g/mol. The van der Waals surface area contributed by atoms with Gasteiger partial charge >= 0.3 is 0 Å². The highest BCUT2D eigenvalue weighted by molar-refractivity contribution is 9.10. The van der Waals surface area contributed by atoms with Crippen molar-refractivity contribution in [1.82, 2.24) is 19.4 Å². The first-order valence-corrected chi connectivity index (χ1v) is 8.41. The lowest BCUT2D eigenvalue weighted by Crippen LogP contribution is -2.36. The Morgan fingerprint density at radius 2 is 2.29 bits per heavy atom. The number of hydrogen-bond donors (Lipinski definition) is 1. The largest absolute Gasteiger partial charge is 0.329 e. The lowest BCUT2D eigenvalue weighted by Gasteiger charge is -2.23. The molecular formula is C15H22BrN5. The quantitative estimate of drug-likeness (QED) is 0.897. The van der Waals surface area contributed by atoms with Crippen LogP contribution in [0.2, 0.25) is 0 Å². The van der Waals surface area contributed by atoms with Gasteiger partial charge in [0.2, 0.25) is 0 Å². The molecule has 5 nitrogen and oxygen atoms in total. The number of likely N-dealkylation sites (tertiary alicyclic amines) is 1. The molecule has 0 bridgehead atoms. The number of aromatic nitrogens is 3. The lowest BCUT2D eigenvalue weighted by atomic mass is 10.2. The van der Waals surface area contributed by atoms with Crippen LogP contribution in [0.25, 0.3) is 11.2 Å². The Morgan fingerprint density at radius 1 is 1.43 bits per heavy atom. The van der Waals surface area contributed by atoms with E-state index in [0.717, 1.165) is 47.5 Å². The molecule has 0 radical (unpaired) electrons. The number of pyridine rings is 1. The molecule has 1 saturated heterocycles. The molecule has 114 valence electrons. The minimum Gasteiger partial charge on any atom is -0.329 e. The summed E-state index contributed by atoms with van der Waals surface area (Å²) in [6.45, 7) is 6.12. The molecule has 0 unspecified atom stereocenters. The first-order valence-electron chi connectivity index (χ1n) is 7.61. The van der Waals surface area contributed by atoms with Gasteiger partial charge in [-0.3, -0.25) is 4.90 Å². The third kappa shape index (κ3) is 3.12. The summed E-state index contributed by atoms with van der Waals surface area (Å²) in [5, 5.41) is 0. The Kier molecular flexibility index (Phi) is 4.57. The van der Waals surface area contributed by atoms with Crippen LogP contribution >= 0.6 is 15.9 Å². The molecule has 21 heavy (non-hydrogen) atoms. The fraction of sp³-hybridized carbons (Fsp3) is 0.600. The average molecular weight is 352 g/mol. The van der Waals surface area contributed by atoms with Crippen molar-refractivity contribution in [1.29, 1.82) is 0 Å². The van der Waals surface area contributed by atoms with Crippen molar-refractivity contribution in [3.63, 3.8) is 0 Å². The molecule has 3 rings (SSSR count). The van der Waals surface area contributed by atoms with Gasteiger partial charge in [0, 0.05) is 36.3 Å². The highest BCUT2D eigenvalue weighted by atomic mass is 79.9. The van der Waals surface area contributed by atoms with Crippen LogP contribution in [0.4, 0.5) is 0 Å². The molecule has 0 aromatic carbocycles. The number of hydrogen-bond acceptors (Lipinski definition) is 4. The van der Waals surface area contributed by atoms with E-state index in [4.69, 9.17) is 5.73 Å². The van der Waals surface area contributed by atoms with Gasteiger partial charge in [-0.2, -0.15) is 0 Å². The fourth-order valence-electron chi connectivity index (χ4n) is 3.26. The monoisotopic (exact) mass is 351 g/mol. The minimum absolute atomic E-state index is 0.585. The van der Waals surface area contributed by atoms with E-state index in [1.54, 1.807) is 6.20 Å². The van der Waals surface area contributed by atoms with Gasteiger partial charge in [-0.1, -0.05) is 0 Å². The zero-order valence-corrected chi connectivity index (χ0v) is 14.0. The molecule has 1 aliphatic heterocycles. The van der Waals surface area contributed by atoms with E-state index in [1.165, 1.54) is 19.4 Å². The molecule has 6 heteroatoms. The molecule has 2 aromatic rings. The van der Waals surface area contributed by atoms with E-state index < -0.39 is 0 Å². The molecule has 1 fully saturated rings. The maximum Gasteiger partial charge on any atom is 0.177 e. The van der Waals surface area contributed by atoms with Crippen molar-refractivity contribution in [2.75, 3.05) is 19.6 Å². The van der Waals surface area contributed by atoms with Crippen molar-refractivity contribution < 1.29 is 0 Å². The number of nitrogens with zero attached hydrogens (tertiary/aromatic N) is 4. The predicted octanol–water partition coefficient (Wildman–Crippen LogP) is 2.32. The summed E-state index contributed by atoms with van der Waals surface area (Å²) >= 11 is 3.49. The number of aryl methyl sites for hydroxylation is 2. The van der Waals surface area contributed by atoms with Crippen LogP contribution in [0, 0.1) is 6.92 Å². The Morgan fingerprint density at radius 3 is 3.10 bits per heavy atom. The molecule has 0 saturated carbocycles. The Hall–Kier alpha value is -0.980. The Balaban J connectivity index is 1.68. The highest BCUT2D eigenvalue weighted by Gasteiger charge is 2.22. The topological polar surface area (TPSA) is 60.0 Å².